The van der Waals surface area contributed by atoms with Crippen LogP contribution in [0.3, 0.4) is 0 Å². The van der Waals surface area contributed by atoms with Crippen molar-refractivity contribution in [3.63, 3.8) is 0 Å². The number of piperazine rings is 1. The predicted molar refractivity (Wildman–Crippen MR) is 73.7 cm³/mol. The van der Waals surface area contributed by atoms with Gasteiger partial charge < -0.3 is 5.11 Å². The molecule has 0 spiro atoms. The summed E-state index contributed by atoms with van der Waals surface area (Å²) in [7, 11) is 0. The number of nitrogens with zero attached hydrogens (tertiary/aromatic N) is 2. The number of rotatable bonds is 2. The van der Waals surface area contributed by atoms with Crippen LogP contribution in [0.4, 0.5) is 0 Å². The Morgan fingerprint density at radius 2 is 1.89 bits per heavy atom. The lowest BCUT2D eigenvalue weighted by molar-refractivity contribution is -0.0541. The van der Waals surface area contributed by atoms with Gasteiger partial charge in [-0.25, -0.2) is 0 Å². The molecular formula is C15H28N2O. The number of hydrogen-bond acceptors (Lipinski definition) is 3. The molecule has 0 aromatic heterocycles. The Hall–Kier alpha value is -0.120. The number of fused-ring (bicyclic) bond motifs is 1. The van der Waals surface area contributed by atoms with Gasteiger partial charge in [0.15, 0.2) is 0 Å². The standard InChI is InChI=1S/C15H28N2O/c1-13-10-16-9-5-6-14(16)11-17(13)12-15(18)7-3-2-4-8-15/h13-14,18H,2-12H2,1H3. The zero-order valence-corrected chi connectivity index (χ0v) is 11.8. The van der Waals surface area contributed by atoms with E-state index in [2.05, 4.69) is 16.7 Å². The molecule has 2 heterocycles. The molecule has 0 bridgehead atoms. The summed E-state index contributed by atoms with van der Waals surface area (Å²) in [5, 5.41) is 10.7. The summed E-state index contributed by atoms with van der Waals surface area (Å²) in [4.78, 5) is 5.23. The minimum Gasteiger partial charge on any atom is -0.389 e. The Bertz CT molecular complexity index is 288. The van der Waals surface area contributed by atoms with Gasteiger partial charge in [-0.15, -0.1) is 0 Å². The first-order chi connectivity index (χ1) is 8.66. The molecule has 2 aliphatic heterocycles. The zero-order chi connectivity index (χ0) is 12.6. The molecule has 2 unspecified atom stereocenters. The van der Waals surface area contributed by atoms with Gasteiger partial charge in [0, 0.05) is 31.7 Å². The molecule has 3 nitrogen and oxygen atoms in total. The third-order valence-corrected chi connectivity index (χ3v) is 5.35. The Kier molecular flexibility index (Phi) is 3.65. The third-order valence-electron chi connectivity index (χ3n) is 5.35. The van der Waals surface area contributed by atoms with E-state index in [0.29, 0.717) is 6.04 Å². The van der Waals surface area contributed by atoms with Gasteiger partial charge in [-0.2, -0.15) is 0 Å². The molecule has 1 saturated carbocycles. The van der Waals surface area contributed by atoms with E-state index in [1.165, 1.54) is 51.7 Å². The summed E-state index contributed by atoms with van der Waals surface area (Å²) in [6.45, 7) is 6.94. The van der Waals surface area contributed by atoms with Crippen molar-refractivity contribution in [2.24, 2.45) is 0 Å². The molecule has 3 aliphatic rings. The van der Waals surface area contributed by atoms with Crippen molar-refractivity contribution < 1.29 is 5.11 Å². The van der Waals surface area contributed by atoms with Crippen molar-refractivity contribution in [3.8, 4) is 0 Å². The minimum absolute atomic E-state index is 0.382. The topological polar surface area (TPSA) is 26.7 Å². The summed E-state index contributed by atoms with van der Waals surface area (Å²) >= 11 is 0. The van der Waals surface area contributed by atoms with E-state index in [1.54, 1.807) is 0 Å². The lowest BCUT2D eigenvalue weighted by Crippen LogP contribution is -2.58. The fourth-order valence-electron chi connectivity index (χ4n) is 4.21. The normalized spacial score (nSPS) is 37.7. The second-order valence-corrected chi connectivity index (χ2v) is 6.85. The summed E-state index contributed by atoms with van der Waals surface area (Å²) in [6.07, 6.45) is 8.52. The Morgan fingerprint density at radius 1 is 1.11 bits per heavy atom. The predicted octanol–water partition coefficient (Wildman–Crippen LogP) is 1.85. The fourth-order valence-corrected chi connectivity index (χ4v) is 4.21. The van der Waals surface area contributed by atoms with Crippen LogP contribution in [0.5, 0.6) is 0 Å². The lowest BCUT2D eigenvalue weighted by atomic mass is 9.84. The Balaban J connectivity index is 1.61. The number of β-amino-alcohol motifs (C(OH)–C–C–N with tert-alkyl or cyclic N) is 1. The Morgan fingerprint density at radius 3 is 2.67 bits per heavy atom. The van der Waals surface area contributed by atoms with Gasteiger partial charge in [0.05, 0.1) is 5.60 Å². The third kappa shape index (κ3) is 2.59. The zero-order valence-electron chi connectivity index (χ0n) is 11.8. The maximum atomic E-state index is 10.7. The highest BCUT2D eigenvalue weighted by molar-refractivity contribution is 4.94. The average molecular weight is 252 g/mol. The number of hydrogen-bond donors (Lipinski definition) is 1. The van der Waals surface area contributed by atoms with Crippen LogP contribution in [0.25, 0.3) is 0 Å². The average Bonchev–Trinajstić information content (AvgIpc) is 2.77. The highest BCUT2D eigenvalue weighted by Gasteiger charge is 2.38. The van der Waals surface area contributed by atoms with Crippen LogP contribution in [-0.2, 0) is 0 Å². The molecule has 2 saturated heterocycles. The summed E-state index contributed by atoms with van der Waals surface area (Å²) in [5.41, 5.74) is -0.382. The minimum atomic E-state index is -0.382. The summed E-state index contributed by atoms with van der Waals surface area (Å²) in [6, 6.07) is 1.39. The van der Waals surface area contributed by atoms with Crippen LogP contribution in [0.15, 0.2) is 0 Å². The molecular weight excluding hydrogens is 224 g/mol. The molecule has 0 amide bonds. The molecule has 18 heavy (non-hydrogen) atoms. The number of aliphatic hydroxyl groups is 1. The van der Waals surface area contributed by atoms with Crippen molar-refractivity contribution in [1.82, 2.24) is 9.80 Å². The highest BCUT2D eigenvalue weighted by Crippen LogP contribution is 2.31. The van der Waals surface area contributed by atoms with E-state index < -0.39 is 0 Å². The summed E-state index contributed by atoms with van der Waals surface area (Å²) < 4.78 is 0. The molecule has 0 aromatic carbocycles. The summed E-state index contributed by atoms with van der Waals surface area (Å²) in [5.74, 6) is 0. The molecule has 0 radical (unpaired) electrons. The van der Waals surface area contributed by atoms with Crippen molar-refractivity contribution in [2.75, 3.05) is 26.2 Å². The van der Waals surface area contributed by atoms with Gasteiger partial charge in [-0.05, 0) is 39.2 Å². The van der Waals surface area contributed by atoms with Gasteiger partial charge in [-0.1, -0.05) is 19.3 Å². The van der Waals surface area contributed by atoms with Crippen LogP contribution < -0.4 is 0 Å². The van der Waals surface area contributed by atoms with Crippen LogP contribution in [0.1, 0.15) is 51.9 Å². The molecule has 1 N–H and O–H groups in total. The molecule has 1 aliphatic carbocycles. The highest BCUT2D eigenvalue weighted by atomic mass is 16.3. The molecule has 0 aromatic rings. The maximum Gasteiger partial charge on any atom is 0.0774 e. The van der Waals surface area contributed by atoms with Gasteiger partial charge >= 0.3 is 0 Å². The molecule has 104 valence electrons. The van der Waals surface area contributed by atoms with Crippen LogP contribution >= 0.6 is 0 Å². The van der Waals surface area contributed by atoms with Gasteiger partial charge in [0.25, 0.3) is 0 Å². The van der Waals surface area contributed by atoms with E-state index in [4.69, 9.17) is 0 Å². The van der Waals surface area contributed by atoms with E-state index in [1.807, 2.05) is 0 Å². The van der Waals surface area contributed by atoms with Crippen LogP contribution in [-0.4, -0.2) is 58.8 Å². The quantitative estimate of drug-likeness (QED) is 0.812. The fraction of sp³-hybridized carbons (Fsp3) is 1.00. The maximum absolute atomic E-state index is 10.7. The van der Waals surface area contributed by atoms with Crippen molar-refractivity contribution in [1.29, 1.82) is 0 Å². The van der Waals surface area contributed by atoms with Gasteiger partial charge in [0.1, 0.15) is 0 Å². The largest absolute Gasteiger partial charge is 0.389 e. The second kappa shape index (κ2) is 5.10. The van der Waals surface area contributed by atoms with Gasteiger partial charge in [0.2, 0.25) is 0 Å². The molecule has 3 heteroatoms. The second-order valence-electron chi connectivity index (χ2n) is 6.85. The molecule has 3 rings (SSSR count). The van der Waals surface area contributed by atoms with E-state index >= 15 is 0 Å². The Labute approximate surface area is 111 Å². The first-order valence-corrected chi connectivity index (χ1v) is 7.87. The first-order valence-electron chi connectivity index (χ1n) is 7.87. The smallest absolute Gasteiger partial charge is 0.0774 e. The van der Waals surface area contributed by atoms with Crippen molar-refractivity contribution in [3.05, 3.63) is 0 Å². The van der Waals surface area contributed by atoms with Crippen LogP contribution in [0, 0.1) is 0 Å². The first kappa shape index (κ1) is 12.9. The SMILES string of the molecule is CC1CN2CCCC2CN1CC1(O)CCCCC1. The molecule has 3 fully saturated rings. The van der Waals surface area contributed by atoms with E-state index in [-0.39, 0.29) is 5.60 Å². The van der Waals surface area contributed by atoms with Crippen molar-refractivity contribution >= 4 is 0 Å². The van der Waals surface area contributed by atoms with Crippen molar-refractivity contribution in [2.45, 2.75) is 69.6 Å². The van der Waals surface area contributed by atoms with E-state index in [0.717, 1.165) is 25.4 Å². The monoisotopic (exact) mass is 252 g/mol. The molecule has 2 atom stereocenters. The van der Waals surface area contributed by atoms with Gasteiger partial charge in [-0.3, -0.25) is 9.80 Å². The van der Waals surface area contributed by atoms with E-state index in [9.17, 15) is 5.11 Å². The van der Waals surface area contributed by atoms with Crippen LogP contribution in [0.2, 0.25) is 0 Å². The lowest BCUT2D eigenvalue weighted by Gasteiger charge is -2.46.